The highest BCUT2D eigenvalue weighted by Gasteiger charge is 2.23. The van der Waals surface area contributed by atoms with E-state index < -0.39 is 10.0 Å². The van der Waals surface area contributed by atoms with Crippen LogP contribution in [0.3, 0.4) is 0 Å². The predicted molar refractivity (Wildman–Crippen MR) is 98.0 cm³/mol. The minimum absolute atomic E-state index is 0.0693. The van der Waals surface area contributed by atoms with Crippen LogP contribution in [-0.4, -0.2) is 28.5 Å². The molecule has 4 aromatic rings. The molecular formula is C16H11BrFN5O3S. The van der Waals surface area contributed by atoms with Crippen molar-refractivity contribution in [3.05, 3.63) is 64.5 Å². The van der Waals surface area contributed by atoms with E-state index in [4.69, 9.17) is 0 Å². The molecule has 0 amide bonds. The maximum atomic E-state index is 13.8. The molecule has 0 fully saturated rings. The lowest BCUT2D eigenvalue weighted by Gasteiger charge is -2.06. The van der Waals surface area contributed by atoms with Crippen molar-refractivity contribution in [1.82, 2.24) is 20.1 Å². The fourth-order valence-corrected chi connectivity index (χ4v) is 4.24. The molecule has 0 spiro atoms. The standard InChI is InChI=1S/C16H11BrFN5O3S/c17-11-9-23(8-10-4-1-2-5-12(10)18)19-16(11)22-27(24,25)14-7-3-6-13-15(14)21-26-20-13/h1-7,9H,8H2,(H,19,22). The van der Waals surface area contributed by atoms with Crippen LogP contribution in [0.2, 0.25) is 0 Å². The molecule has 2 heterocycles. The number of nitrogens with zero attached hydrogens (tertiary/aromatic N) is 4. The zero-order chi connectivity index (χ0) is 19.0. The molecule has 11 heteroatoms. The number of nitrogens with one attached hydrogen (secondary N) is 1. The average molecular weight is 452 g/mol. The lowest BCUT2D eigenvalue weighted by Crippen LogP contribution is -2.14. The van der Waals surface area contributed by atoms with Crippen LogP contribution in [0.5, 0.6) is 0 Å². The number of fused-ring (bicyclic) bond motifs is 1. The molecule has 0 unspecified atom stereocenters. The molecule has 1 N–H and O–H groups in total. The van der Waals surface area contributed by atoms with Gasteiger partial charge in [0, 0.05) is 11.8 Å². The number of rotatable bonds is 5. The van der Waals surface area contributed by atoms with Crippen LogP contribution < -0.4 is 4.72 Å². The van der Waals surface area contributed by atoms with E-state index in [1.54, 1.807) is 30.5 Å². The van der Waals surface area contributed by atoms with E-state index in [9.17, 15) is 12.8 Å². The van der Waals surface area contributed by atoms with Crippen molar-refractivity contribution in [3.8, 4) is 0 Å². The Bertz CT molecular complexity index is 1240. The highest BCUT2D eigenvalue weighted by Crippen LogP contribution is 2.26. The average Bonchev–Trinajstić information content (AvgIpc) is 3.23. The first-order valence-electron chi connectivity index (χ1n) is 7.64. The van der Waals surface area contributed by atoms with E-state index in [0.717, 1.165) is 0 Å². The van der Waals surface area contributed by atoms with Gasteiger partial charge in [-0.1, -0.05) is 24.3 Å². The third-order valence-electron chi connectivity index (χ3n) is 3.78. The Morgan fingerprint density at radius 3 is 2.78 bits per heavy atom. The monoisotopic (exact) mass is 451 g/mol. The number of hydrogen-bond donors (Lipinski definition) is 1. The van der Waals surface area contributed by atoms with Gasteiger partial charge in [0.2, 0.25) is 0 Å². The van der Waals surface area contributed by atoms with Gasteiger partial charge in [0.25, 0.3) is 10.0 Å². The van der Waals surface area contributed by atoms with Crippen molar-refractivity contribution < 1.29 is 17.4 Å². The molecule has 138 valence electrons. The lowest BCUT2D eigenvalue weighted by molar-refractivity contribution is 0.315. The summed E-state index contributed by atoms with van der Waals surface area (Å²) < 4.78 is 48.1. The fraction of sp³-hybridized carbons (Fsp3) is 0.0625. The molecule has 0 radical (unpaired) electrons. The minimum atomic E-state index is -3.99. The molecule has 0 saturated heterocycles. The van der Waals surface area contributed by atoms with Crippen LogP contribution in [0.1, 0.15) is 5.56 Å². The van der Waals surface area contributed by atoms with E-state index in [1.165, 1.54) is 22.9 Å². The summed E-state index contributed by atoms with van der Waals surface area (Å²) >= 11 is 3.27. The first-order chi connectivity index (χ1) is 12.9. The highest BCUT2D eigenvalue weighted by molar-refractivity contribution is 9.10. The Balaban J connectivity index is 1.64. The van der Waals surface area contributed by atoms with Gasteiger partial charge in [-0.15, -0.1) is 0 Å². The molecule has 8 nitrogen and oxygen atoms in total. The van der Waals surface area contributed by atoms with E-state index in [1.807, 2.05) is 0 Å². The second kappa shape index (κ2) is 6.74. The number of hydrogen-bond acceptors (Lipinski definition) is 6. The molecule has 0 aliphatic rings. The van der Waals surface area contributed by atoms with Gasteiger partial charge in [-0.25, -0.2) is 17.4 Å². The van der Waals surface area contributed by atoms with Crippen molar-refractivity contribution in [2.75, 3.05) is 4.72 Å². The largest absolute Gasteiger partial charge is 0.265 e. The van der Waals surface area contributed by atoms with Gasteiger partial charge in [-0.05, 0) is 44.4 Å². The van der Waals surface area contributed by atoms with Gasteiger partial charge in [-0.2, -0.15) is 5.10 Å². The van der Waals surface area contributed by atoms with Crippen LogP contribution in [-0.2, 0) is 16.6 Å². The second-order valence-corrected chi connectivity index (χ2v) is 8.11. The SMILES string of the molecule is O=S(=O)(Nc1nn(Cc2ccccc2F)cc1Br)c1cccc2nonc12. The number of aromatic nitrogens is 4. The highest BCUT2D eigenvalue weighted by atomic mass is 79.9. The Hall–Kier alpha value is -2.79. The molecule has 0 aliphatic heterocycles. The lowest BCUT2D eigenvalue weighted by atomic mass is 10.2. The maximum Gasteiger partial charge on any atom is 0.265 e. The zero-order valence-corrected chi connectivity index (χ0v) is 15.9. The molecule has 2 aromatic carbocycles. The number of sulfonamides is 1. The Morgan fingerprint density at radius 2 is 1.96 bits per heavy atom. The van der Waals surface area contributed by atoms with E-state index in [-0.39, 0.29) is 28.6 Å². The first kappa shape index (κ1) is 17.6. The Labute approximate surface area is 161 Å². The maximum absolute atomic E-state index is 13.8. The summed E-state index contributed by atoms with van der Waals surface area (Å²) in [5.74, 6) is -0.295. The summed E-state index contributed by atoms with van der Waals surface area (Å²) in [5, 5.41) is 11.4. The van der Waals surface area contributed by atoms with Crippen LogP contribution in [0.4, 0.5) is 10.2 Å². The van der Waals surface area contributed by atoms with Gasteiger partial charge in [0.05, 0.1) is 11.0 Å². The quantitative estimate of drug-likeness (QED) is 0.499. The first-order valence-corrected chi connectivity index (χ1v) is 9.92. The van der Waals surface area contributed by atoms with Crippen molar-refractivity contribution in [2.24, 2.45) is 0 Å². The summed E-state index contributed by atoms with van der Waals surface area (Å²) in [5.41, 5.74) is 0.870. The summed E-state index contributed by atoms with van der Waals surface area (Å²) in [4.78, 5) is -0.0863. The topological polar surface area (TPSA) is 103 Å². The van der Waals surface area contributed by atoms with E-state index in [2.05, 4.69) is 40.7 Å². The smallest absolute Gasteiger partial charge is 0.265 e. The van der Waals surface area contributed by atoms with Crippen LogP contribution in [0.15, 0.2) is 62.7 Å². The van der Waals surface area contributed by atoms with Crippen molar-refractivity contribution in [1.29, 1.82) is 0 Å². The van der Waals surface area contributed by atoms with Crippen LogP contribution in [0, 0.1) is 5.82 Å². The molecule has 0 bridgehead atoms. The summed E-state index contributed by atoms with van der Waals surface area (Å²) in [6.45, 7) is 0.149. The molecular weight excluding hydrogens is 441 g/mol. The molecule has 0 atom stereocenters. The minimum Gasteiger partial charge on any atom is -0.265 e. The summed E-state index contributed by atoms with van der Waals surface area (Å²) in [6.07, 6.45) is 1.56. The van der Waals surface area contributed by atoms with Gasteiger partial charge >= 0.3 is 0 Å². The summed E-state index contributed by atoms with van der Waals surface area (Å²) in [7, 11) is -3.99. The van der Waals surface area contributed by atoms with Gasteiger partial charge in [0.15, 0.2) is 11.3 Å². The molecule has 0 aliphatic carbocycles. The number of anilines is 1. The van der Waals surface area contributed by atoms with E-state index in [0.29, 0.717) is 15.6 Å². The third kappa shape index (κ3) is 3.43. The zero-order valence-electron chi connectivity index (χ0n) is 13.5. The molecule has 27 heavy (non-hydrogen) atoms. The van der Waals surface area contributed by atoms with Gasteiger partial charge in [0.1, 0.15) is 16.2 Å². The summed E-state index contributed by atoms with van der Waals surface area (Å²) in [6, 6.07) is 10.8. The van der Waals surface area contributed by atoms with Gasteiger partial charge < -0.3 is 0 Å². The second-order valence-electron chi connectivity index (χ2n) is 5.61. The van der Waals surface area contributed by atoms with Crippen molar-refractivity contribution >= 4 is 42.8 Å². The normalized spacial score (nSPS) is 11.8. The molecule has 4 rings (SSSR count). The van der Waals surface area contributed by atoms with Crippen molar-refractivity contribution in [2.45, 2.75) is 11.4 Å². The molecule has 0 saturated carbocycles. The number of benzene rings is 2. The van der Waals surface area contributed by atoms with Crippen LogP contribution in [0.25, 0.3) is 11.0 Å². The predicted octanol–water partition coefficient (Wildman–Crippen LogP) is 3.17. The third-order valence-corrected chi connectivity index (χ3v) is 5.73. The number of halogens is 2. The van der Waals surface area contributed by atoms with Gasteiger partial charge in [-0.3, -0.25) is 9.40 Å². The Morgan fingerprint density at radius 1 is 1.15 bits per heavy atom. The molecule has 2 aromatic heterocycles. The van der Waals surface area contributed by atoms with Crippen LogP contribution >= 0.6 is 15.9 Å². The fourth-order valence-electron chi connectivity index (χ4n) is 2.53. The van der Waals surface area contributed by atoms with E-state index >= 15 is 0 Å². The Kier molecular flexibility index (Phi) is 4.40. The van der Waals surface area contributed by atoms with Crippen molar-refractivity contribution in [3.63, 3.8) is 0 Å².